The van der Waals surface area contributed by atoms with Crippen molar-refractivity contribution in [3.05, 3.63) is 0 Å². The van der Waals surface area contributed by atoms with Gasteiger partial charge in [0.2, 0.25) is 0 Å². The number of nitrogens with zero attached hydrogens (tertiary/aromatic N) is 2. The Bertz CT molecular complexity index is 279. The molecule has 20 heavy (non-hydrogen) atoms. The Morgan fingerprint density at radius 1 is 1.10 bits per heavy atom. The van der Waals surface area contributed by atoms with Gasteiger partial charge in [-0.15, -0.1) is 0 Å². The molecular formula is C17H35N3. The molecule has 0 spiro atoms. The van der Waals surface area contributed by atoms with E-state index < -0.39 is 0 Å². The molecule has 2 heterocycles. The van der Waals surface area contributed by atoms with Crippen LogP contribution in [0, 0.1) is 11.8 Å². The van der Waals surface area contributed by atoms with Crippen molar-refractivity contribution in [3.8, 4) is 0 Å². The number of rotatable bonds is 6. The third-order valence-electron chi connectivity index (χ3n) is 5.47. The van der Waals surface area contributed by atoms with Crippen molar-refractivity contribution in [2.24, 2.45) is 11.8 Å². The fourth-order valence-electron chi connectivity index (χ4n) is 3.80. The molecule has 0 aromatic heterocycles. The molecule has 3 nitrogen and oxygen atoms in total. The molecule has 0 aliphatic carbocycles. The van der Waals surface area contributed by atoms with Crippen molar-refractivity contribution in [2.45, 2.75) is 59.0 Å². The number of nitrogens with one attached hydrogen (secondary N) is 1. The minimum Gasteiger partial charge on any atom is -0.314 e. The van der Waals surface area contributed by atoms with E-state index >= 15 is 0 Å². The summed E-state index contributed by atoms with van der Waals surface area (Å²) in [5, 5.41) is 3.85. The van der Waals surface area contributed by atoms with Crippen LogP contribution in [0.5, 0.6) is 0 Å². The van der Waals surface area contributed by atoms with E-state index in [2.05, 4.69) is 42.8 Å². The lowest BCUT2D eigenvalue weighted by Crippen LogP contribution is -2.45. The summed E-state index contributed by atoms with van der Waals surface area (Å²) in [5.74, 6) is 1.72. The highest BCUT2D eigenvalue weighted by molar-refractivity contribution is 4.83. The predicted molar refractivity (Wildman–Crippen MR) is 87.1 cm³/mol. The van der Waals surface area contributed by atoms with E-state index in [0.717, 1.165) is 11.8 Å². The molecule has 118 valence electrons. The molecule has 3 heteroatoms. The van der Waals surface area contributed by atoms with Crippen LogP contribution in [0.15, 0.2) is 0 Å². The van der Waals surface area contributed by atoms with E-state index in [-0.39, 0.29) is 0 Å². The molecule has 1 N–H and O–H groups in total. The average Bonchev–Trinajstić information content (AvgIpc) is 2.94. The zero-order chi connectivity index (χ0) is 14.5. The standard InChI is InChI=1S/C17H35N3/c1-5-19-9-6-7-17(13-19)15(4)18-11-16-8-10-20(12-16)14(2)3/h14-18H,5-13H2,1-4H3. The zero-order valence-electron chi connectivity index (χ0n) is 14.1. The highest BCUT2D eigenvalue weighted by atomic mass is 15.2. The van der Waals surface area contributed by atoms with Crippen molar-refractivity contribution in [3.63, 3.8) is 0 Å². The van der Waals surface area contributed by atoms with E-state index in [1.165, 1.54) is 58.5 Å². The van der Waals surface area contributed by atoms with Crippen molar-refractivity contribution in [1.82, 2.24) is 15.1 Å². The predicted octanol–water partition coefficient (Wildman–Crippen LogP) is 2.43. The Labute approximate surface area is 126 Å². The Morgan fingerprint density at radius 3 is 2.55 bits per heavy atom. The van der Waals surface area contributed by atoms with Gasteiger partial charge in [0, 0.05) is 25.2 Å². The second-order valence-corrected chi connectivity index (χ2v) is 7.24. The van der Waals surface area contributed by atoms with Gasteiger partial charge in [0.15, 0.2) is 0 Å². The third-order valence-corrected chi connectivity index (χ3v) is 5.47. The van der Waals surface area contributed by atoms with E-state index in [4.69, 9.17) is 0 Å². The minimum atomic E-state index is 0.678. The summed E-state index contributed by atoms with van der Waals surface area (Å²) in [5.41, 5.74) is 0. The summed E-state index contributed by atoms with van der Waals surface area (Å²) in [6, 6.07) is 1.39. The van der Waals surface area contributed by atoms with E-state index in [0.29, 0.717) is 12.1 Å². The topological polar surface area (TPSA) is 18.5 Å². The minimum absolute atomic E-state index is 0.678. The fourth-order valence-corrected chi connectivity index (χ4v) is 3.80. The maximum Gasteiger partial charge on any atom is 0.00793 e. The lowest BCUT2D eigenvalue weighted by Gasteiger charge is -2.36. The van der Waals surface area contributed by atoms with Gasteiger partial charge < -0.3 is 15.1 Å². The van der Waals surface area contributed by atoms with Crippen LogP contribution in [-0.2, 0) is 0 Å². The van der Waals surface area contributed by atoms with Gasteiger partial charge in [-0.25, -0.2) is 0 Å². The smallest absolute Gasteiger partial charge is 0.00793 e. The van der Waals surface area contributed by atoms with Crippen LogP contribution in [0.1, 0.15) is 47.0 Å². The first kappa shape index (κ1) is 16.3. The normalized spacial score (nSPS) is 31.1. The Balaban J connectivity index is 1.68. The van der Waals surface area contributed by atoms with Crippen molar-refractivity contribution in [2.75, 3.05) is 39.3 Å². The van der Waals surface area contributed by atoms with E-state index in [9.17, 15) is 0 Å². The molecule has 0 aromatic rings. The Kier molecular flexibility index (Phi) is 6.31. The SMILES string of the molecule is CCN1CCCC(C(C)NCC2CCN(C(C)C)C2)C1. The molecule has 0 radical (unpaired) electrons. The van der Waals surface area contributed by atoms with Gasteiger partial charge in [0.1, 0.15) is 0 Å². The number of hydrogen-bond donors (Lipinski definition) is 1. The summed E-state index contributed by atoms with van der Waals surface area (Å²) in [4.78, 5) is 5.23. The highest BCUT2D eigenvalue weighted by Gasteiger charge is 2.27. The van der Waals surface area contributed by atoms with Crippen LogP contribution in [-0.4, -0.2) is 61.2 Å². The van der Waals surface area contributed by atoms with Gasteiger partial charge >= 0.3 is 0 Å². The second-order valence-electron chi connectivity index (χ2n) is 7.24. The second kappa shape index (κ2) is 7.77. The van der Waals surface area contributed by atoms with E-state index in [1.807, 2.05) is 0 Å². The molecule has 2 fully saturated rings. The molecule has 3 unspecified atom stereocenters. The van der Waals surface area contributed by atoms with Gasteiger partial charge in [0.25, 0.3) is 0 Å². The Hall–Kier alpha value is -0.120. The maximum atomic E-state index is 3.85. The van der Waals surface area contributed by atoms with Crippen LogP contribution < -0.4 is 5.32 Å². The highest BCUT2D eigenvalue weighted by Crippen LogP contribution is 2.21. The van der Waals surface area contributed by atoms with Gasteiger partial charge in [-0.1, -0.05) is 6.92 Å². The quantitative estimate of drug-likeness (QED) is 0.807. The molecule has 0 aromatic carbocycles. The van der Waals surface area contributed by atoms with Gasteiger partial charge in [-0.2, -0.15) is 0 Å². The first-order valence-corrected chi connectivity index (χ1v) is 8.80. The van der Waals surface area contributed by atoms with E-state index in [1.54, 1.807) is 0 Å². The fraction of sp³-hybridized carbons (Fsp3) is 1.00. The summed E-state index contributed by atoms with van der Waals surface area (Å²) in [6.45, 7) is 17.0. The number of likely N-dealkylation sites (tertiary alicyclic amines) is 2. The van der Waals surface area contributed by atoms with Crippen LogP contribution in [0.4, 0.5) is 0 Å². The van der Waals surface area contributed by atoms with Gasteiger partial charge in [-0.05, 0) is 78.0 Å². The molecule has 3 atom stereocenters. The lowest BCUT2D eigenvalue weighted by atomic mass is 9.91. The van der Waals surface area contributed by atoms with Crippen molar-refractivity contribution >= 4 is 0 Å². The van der Waals surface area contributed by atoms with Crippen molar-refractivity contribution < 1.29 is 0 Å². The molecule has 0 amide bonds. The largest absolute Gasteiger partial charge is 0.314 e. The van der Waals surface area contributed by atoms with Crippen LogP contribution in [0.3, 0.4) is 0 Å². The first-order chi connectivity index (χ1) is 9.60. The van der Waals surface area contributed by atoms with Crippen LogP contribution >= 0.6 is 0 Å². The molecule has 2 aliphatic rings. The van der Waals surface area contributed by atoms with Crippen LogP contribution in [0.25, 0.3) is 0 Å². The summed E-state index contributed by atoms with van der Waals surface area (Å²) >= 11 is 0. The number of hydrogen-bond acceptors (Lipinski definition) is 3. The molecular weight excluding hydrogens is 246 g/mol. The molecule has 2 aliphatic heterocycles. The van der Waals surface area contributed by atoms with Gasteiger partial charge in [0.05, 0.1) is 0 Å². The first-order valence-electron chi connectivity index (χ1n) is 8.80. The van der Waals surface area contributed by atoms with Gasteiger partial charge in [-0.3, -0.25) is 0 Å². The summed E-state index contributed by atoms with van der Waals surface area (Å²) in [6.07, 6.45) is 4.17. The molecule has 2 saturated heterocycles. The average molecular weight is 281 g/mol. The summed E-state index contributed by atoms with van der Waals surface area (Å²) in [7, 11) is 0. The molecule has 0 bridgehead atoms. The molecule has 0 saturated carbocycles. The monoisotopic (exact) mass is 281 g/mol. The number of piperidine rings is 1. The zero-order valence-corrected chi connectivity index (χ0v) is 14.1. The van der Waals surface area contributed by atoms with Crippen molar-refractivity contribution in [1.29, 1.82) is 0 Å². The van der Waals surface area contributed by atoms with Crippen LogP contribution in [0.2, 0.25) is 0 Å². The third kappa shape index (κ3) is 4.44. The lowest BCUT2D eigenvalue weighted by molar-refractivity contribution is 0.155. The summed E-state index contributed by atoms with van der Waals surface area (Å²) < 4.78 is 0. The Morgan fingerprint density at radius 2 is 1.90 bits per heavy atom. The molecule has 2 rings (SSSR count). The maximum absolute atomic E-state index is 3.85.